The van der Waals surface area contributed by atoms with Crippen molar-refractivity contribution in [2.75, 3.05) is 12.4 Å². The minimum atomic E-state index is -0.363. The summed E-state index contributed by atoms with van der Waals surface area (Å²) in [4.78, 5) is 8.88. The molecule has 0 spiro atoms. The standard InChI is InChI=1S/C20H17FN4O/c1-25-12-15(14-5-3-4-6-18(14)25)16-9-10-22-20(23-16)24-17-8-7-13(21)11-19(17)26-2/h3-12H,1-2H3,(H,22,23,24). The molecular formula is C20H17FN4O. The van der Waals surface area contributed by atoms with Crippen LogP contribution in [0, 0.1) is 5.82 Å². The summed E-state index contributed by atoms with van der Waals surface area (Å²) in [6, 6.07) is 14.3. The molecule has 0 saturated heterocycles. The van der Waals surface area contributed by atoms with Gasteiger partial charge in [-0.15, -0.1) is 0 Å². The third-order valence-electron chi connectivity index (χ3n) is 4.24. The predicted octanol–water partition coefficient (Wildman–Crippen LogP) is 4.53. The Balaban J connectivity index is 1.73. The van der Waals surface area contributed by atoms with Gasteiger partial charge in [-0.05, 0) is 24.3 Å². The minimum absolute atomic E-state index is 0.363. The third kappa shape index (κ3) is 2.86. The first-order valence-electron chi connectivity index (χ1n) is 8.14. The molecule has 5 nitrogen and oxygen atoms in total. The molecule has 0 bridgehead atoms. The second-order valence-corrected chi connectivity index (χ2v) is 5.91. The van der Waals surface area contributed by atoms with E-state index in [2.05, 4.69) is 38.2 Å². The molecule has 0 unspecified atom stereocenters. The van der Waals surface area contributed by atoms with Crippen molar-refractivity contribution in [3.05, 3.63) is 66.7 Å². The highest BCUT2D eigenvalue weighted by atomic mass is 19.1. The molecular weight excluding hydrogens is 331 g/mol. The van der Waals surface area contributed by atoms with E-state index >= 15 is 0 Å². The summed E-state index contributed by atoms with van der Waals surface area (Å²) in [6.07, 6.45) is 3.75. The smallest absolute Gasteiger partial charge is 0.227 e. The first kappa shape index (κ1) is 16.1. The van der Waals surface area contributed by atoms with Gasteiger partial charge in [0, 0.05) is 42.0 Å². The maximum Gasteiger partial charge on any atom is 0.227 e. The first-order chi connectivity index (χ1) is 12.7. The first-order valence-corrected chi connectivity index (χ1v) is 8.14. The Morgan fingerprint density at radius 1 is 1.12 bits per heavy atom. The molecule has 0 radical (unpaired) electrons. The Morgan fingerprint density at radius 3 is 2.81 bits per heavy atom. The lowest BCUT2D eigenvalue weighted by molar-refractivity contribution is 0.413. The molecule has 26 heavy (non-hydrogen) atoms. The molecule has 130 valence electrons. The molecule has 2 aromatic carbocycles. The summed E-state index contributed by atoms with van der Waals surface area (Å²) in [5, 5.41) is 4.22. The van der Waals surface area contributed by atoms with E-state index in [0.717, 1.165) is 22.2 Å². The van der Waals surface area contributed by atoms with Crippen LogP contribution in [0.4, 0.5) is 16.0 Å². The van der Waals surface area contributed by atoms with Gasteiger partial charge in [-0.1, -0.05) is 18.2 Å². The van der Waals surface area contributed by atoms with Gasteiger partial charge >= 0.3 is 0 Å². The van der Waals surface area contributed by atoms with Gasteiger partial charge in [0.05, 0.1) is 18.5 Å². The van der Waals surface area contributed by atoms with Crippen LogP contribution < -0.4 is 10.1 Å². The number of methoxy groups -OCH3 is 1. The summed E-state index contributed by atoms with van der Waals surface area (Å²) in [5.74, 6) is 0.447. The van der Waals surface area contributed by atoms with Crippen molar-refractivity contribution in [3.8, 4) is 17.0 Å². The fourth-order valence-corrected chi connectivity index (χ4v) is 3.00. The number of ether oxygens (including phenoxy) is 1. The van der Waals surface area contributed by atoms with E-state index in [-0.39, 0.29) is 5.82 Å². The maximum absolute atomic E-state index is 13.4. The van der Waals surface area contributed by atoms with Crippen LogP contribution in [0.15, 0.2) is 60.9 Å². The van der Waals surface area contributed by atoms with E-state index < -0.39 is 0 Å². The van der Waals surface area contributed by atoms with E-state index in [4.69, 9.17) is 4.74 Å². The number of halogens is 1. The number of benzene rings is 2. The Kier molecular flexibility index (Phi) is 4.01. The van der Waals surface area contributed by atoms with Crippen molar-refractivity contribution in [2.24, 2.45) is 7.05 Å². The van der Waals surface area contributed by atoms with Gasteiger partial charge < -0.3 is 14.6 Å². The predicted molar refractivity (Wildman–Crippen MR) is 100 cm³/mol. The quantitative estimate of drug-likeness (QED) is 0.589. The summed E-state index contributed by atoms with van der Waals surface area (Å²) >= 11 is 0. The molecule has 0 aliphatic carbocycles. The normalized spacial score (nSPS) is 10.9. The molecule has 6 heteroatoms. The van der Waals surface area contributed by atoms with Crippen molar-refractivity contribution in [2.45, 2.75) is 0 Å². The number of rotatable bonds is 4. The van der Waals surface area contributed by atoms with Gasteiger partial charge in [-0.25, -0.2) is 14.4 Å². The lowest BCUT2D eigenvalue weighted by Gasteiger charge is -2.10. The molecule has 2 aromatic heterocycles. The van der Waals surface area contributed by atoms with Crippen molar-refractivity contribution in [1.82, 2.24) is 14.5 Å². The average Bonchev–Trinajstić information content (AvgIpc) is 3.00. The molecule has 0 saturated carbocycles. The zero-order chi connectivity index (χ0) is 18.1. The number of anilines is 2. The molecule has 0 aliphatic heterocycles. The second-order valence-electron chi connectivity index (χ2n) is 5.91. The van der Waals surface area contributed by atoms with E-state index in [0.29, 0.717) is 17.4 Å². The monoisotopic (exact) mass is 348 g/mol. The highest BCUT2D eigenvalue weighted by Gasteiger charge is 2.11. The number of aromatic nitrogens is 3. The van der Waals surface area contributed by atoms with E-state index in [1.54, 1.807) is 12.3 Å². The van der Waals surface area contributed by atoms with E-state index in [1.807, 2.05) is 25.2 Å². The molecule has 0 aliphatic rings. The number of hydrogen-bond donors (Lipinski definition) is 1. The van der Waals surface area contributed by atoms with Gasteiger partial charge in [-0.2, -0.15) is 0 Å². The van der Waals surface area contributed by atoms with Crippen molar-refractivity contribution < 1.29 is 9.13 Å². The SMILES string of the molecule is COc1cc(F)ccc1Nc1nccc(-c2cn(C)c3ccccc23)n1. The van der Waals surface area contributed by atoms with Gasteiger partial charge in [-0.3, -0.25) is 0 Å². The van der Waals surface area contributed by atoms with Crippen LogP contribution in [0.2, 0.25) is 0 Å². The lowest BCUT2D eigenvalue weighted by atomic mass is 10.1. The zero-order valence-corrected chi connectivity index (χ0v) is 14.4. The fourth-order valence-electron chi connectivity index (χ4n) is 3.00. The van der Waals surface area contributed by atoms with Gasteiger partial charge in [0.2, 0.25) is 5.95 Å². The highest BCUT2D eigenvalue weighted by molar-refractivity contribution is 5.95. The molecule has 0 amide bonds. The zero-order valence-electron chi connectivity index (χ0n) is 14.4. The van der Waals surface area contributed by atoms with Crippen LogP contribution in [-0.2, 0) is 7.05 Å². The van der Waals surface area contributed by atoms with Crippen molar-refractivity contribution >= 4 is 22.5 Å². The van der Waals surface area contributed by atoms with Crippen molar-refractivity contribution in [1.29, 1.82) is 0 Å². The number of fused-ring (bicyclic) bond motifs is 1. The van der Waals surface area contributed by atoms with Crippen LogP contribution in [0.1, 0.15) is 0 Å². The van der Waals surface area contributed by atoms with Gasteiger partial charge in [0.15, 0.2) is 0 Å². The maximum atomic E-state index is 13.4. The van der Waals surface area contributed by atoms with Crippen molar-refractivity contribution in [3.63, 3.8) is 0 Å². The number of aryl methyl sites for hydroxylation is 1. The topological polar surface area (TPSA) is 52.0 Å². The Labute approximate surface area is 150 Å². The largest absolute Gasteiger partial charge is 0.494 e. The molecule has 2 heterocycles. The number of hydrogen-bond acceptors (Lipinski definition) is 4. The molecule has 0 atom stereocenters. The second kappa shape index (κ2) is 6.48. The molecule has 4 aromatic rings. The van der Waals surface area contributed by atoms with Crippen LogP contribution in [0.5, 0.6) is 5.75 Å². The number of para-hydroxylation sites is 1. The molecule has 0 fully saturated rings. The van der Waals surface area contributed by atoms with E-state index in [9.17, 15) is 4.39 Å². The summed E-state index contributed by atoms with van der Waals surface area (Å²) in [7, 11) is 3.50. The molecule has 1 N–H and O–H groups in total. The van der Waals surface area contributed by atoms with Crippen LogP contribution >= 0.6 is 0 Å². The lowest BCUT2D eigenvalue weighted by Crippen LogP contribution is -2.00. The van der Waals surface area contributed by atoms with E-state index in [1.165, 1.54) is 19.2 Å². The Hall–Kier alpha value is -3.41. The van der Waals surface area contributed by atoms with Crippen LogP contribution in [0.25, 0.3) is 22.2 Å². The van der Waals surface area contributed by atoms with Gasteiger partial charge in [0.1, 0.15) is 11.6 Å². The number of nitrogens with one attached hydrogen (secondary N) is 1. The Morgan fingerprint density at radius 2 is 1.96 bits per heavy atom. The van der Waals surface area contributed by atoms with Crippen LogP contribution in [0.3, 0.4) is 0 Å². The number of nitrogens with zero attached hydrogens (tertiary/aromatic N) is 3. The average molecular weight is 348 g/mol. The van der Waals surface area contributed by atoms with Crippen LogP contribution in [-0.4, -0.2) is 21.6 Å². The fraction of sp³-hybridized carbons (Fsp3) is 0.100. The summed E-state index contributed by atoms with van der Waals surface area (Å²) in [5.41, 5.74) is 3.57. The summed E-state index contributed by atoms with van der Waals surface area (Å²) in [6.45, 7) is 0. The van der Waals surface area contributed by atoms with Gasteiger partial charge in [0.25, 0.3) is 0 Å². The summed E-state index contributed by atoms with van der Waals surface area (Å²) < 4.78 is 20.7. The Bertz CT molecular complexity index is 1090. The minimum Gasteiger partial charge on any atom is -0.494 e. The molecule has 4 rings (SSSR count). The third-order valence-corrected chi connectivity index (χ3v) is 4.24. The highest BCUT2D eigenvalue weighted by Crippen LogP contribution is 2.31.